The molecule has 27 heavy (non-hydrogen) atoms. The SMILES string of the molecule is C#CCN1CC(=O)N(COC(=O)[C@@H]2[C@@H](/C=C(C#N)/C=C/CC)C2(C)C)C1=O. The molecule has 2 fully saturated rings. The van der Waals surface area contributed by atoms with Gasteiger partial charge in [-0.25, -0.2) is 9.69 Å². The van der Waals surface area contributed by atoms with Gasteiger partial charge in [0.05, 0.1) is 18.5 Å². The maximum Gasteiger partial charge on any atom is 0.330 e. The highest BCUT2D eigenvalue weighted by Crippen LogP contribution is 2.59. The van der Waals surface area contributed by atoms with E-state index in [1.165, 1.54) is 4.90 Å². The maximum atomic E-state index is 12.4. The second kappa shape index (κ2) is 8.09. The second-order valence-corrected chi connectivity index (χ2v) is 7.13. The Morgan fingerprint density at radius 3 is 2.74 bits per heavy atom. The van der Waals surface area contributed by atoms with Crippen LogP contribution in [0, 0.1) is 40.9 Å². The average Bonchev–Trinajstić information content (AvgIpc) is 3.06. The molecule has 1 aliphatic carbocycles. The van der Waals surface area contributed by atoms with Crippen molar-refractivity contribution in [1.82, 2.24) is 9.80 Å². The molecule has 3 amide bonds. The third-order valence-corrected chi connectivity index (χ3v) is 4.93. The molecule has 1 saturated heterocycles. The van der Waals surface area contributed by atoms with Crippen LogP contribution in [0.25, 0.3) is 0 Å². The number of hydrogen-bond acceptors (Lipinski definition) is 5. The first-order valence-electron chi connectivity index (χ1n) is 8.75. The quantitative estimate of drug-likeness (QED) is 0.225. The van der Waals surface area contributed by atoms with Crippen molar-refractivity contribution in [3.63, 3.8) is 0 Å². The number of amides is 3. The number of allylic oxidation sites excluding steroid dienone is 4. The summed E-state index contributed by atoms with van der Waals surface area (Å²) in [4.78, 5) is 38.5. The van der Waals surface area contributed by atoms with Crippen molar-refractivity contribution in [2.45, 2.75) is 27.2 Å². The number of rotatable bonds is 7. The first-order chi connectivity index (χ1) is 12.8. The van der Waals surface area contributed by atoms with E-state index in [2.05, 4.69) is 12.0 Å². The Morgan fingerprint density at radius 1 is 1.44 bits per heavy atom. The molecule has 0 aromatic carbocycles. The summed E-state index contributed by atoms with van der Waals surface area (Å²) in [5.74, 6) is 0.804. The number of imide groups is 1. The fourth-order valence-electron chi connectivity index (χ4n) is 3.18. The fourth-order valence-corrected chi connectivity index (χ4v) is 3.18. The van der Waals surface area contributed by atoms with E-state index in [9.17, 15) is 19.6 Å². The molecule has 1 heterocycles. The molecule has 7 heteroatoms. The molecule has 2 atom stereocenters. The number of carbonyl (C=O) groups is 3. The highest BCUT2D eigenvalue weighted by atomic mass is 16.5. The molecule has 0 aromatic rings. The summed E-state index contributed by atoms with van der Waals surface area (Å²) in [5.41, 5.74) is 0.147. The summed E-state index contributed by atoms with van der Waals surface area (Å²) < 4.78 is 5.22. The van der Waals surface area contributed by atoms with Crippen molar-refractivity contribution < 1.29 is 19.1 Å². The summed E-state index contributed by atoms with van der Waals surface area (Å²) in [6.45, 7) is 5.29. The van der Waals surface area contributed by atoms with Crippen LogP contribution in [-0.4, -0.2) is 47.5 Å². The average molecular weight is 369 g/mol. The van der Waals surface area contributed by atoms with E-state index >= 15 is 0 Å². The molecule has 0 spiro atoms. The van der Waals surface area contributed by atoms with Crippen LogP contribution in [0.1, 0.15) is 27.2 Å². The Bertz CT molecular complexity index is 782. The monoisotopic (exact) mass is 369 g/mol. The maximum absolute atomic E-state index is 12.4. The van der Waals surface area contributed by atoms with Crippen LogP contribution in [0.15, 0.2) is 23.8 Å². The van der Waals surface area contributed by atoms with E-state index in [-0.39, 0.29) is 24.4 Å². The van der Waals surface area contributed by atoms with Gasteiger partial charge in [-0.05, 0) is 23.8 Å². The molecule has 0 aromatic heterocycles. The van der Waals surface area contributed by atoms with Crippen LogP contribution in [0.5, 0.6) is 0 Å². The van der Waals surface area contributed by atoms with Gasteiger partial charge in [-0.1, -0.05) is 38.8 Å². The molecule has 142 valence electrons. The second-order valence-electron chi connectivity index (χ2n) is 7.13. The topological polar surface area (TPSA) is 90.7 Å². The third kappa shape index (κ3) is 4.20. The van der Waals surface area contributed by atoms with Gasteiger partial charge in [0.1, 0.15) is 6.54 Å². The first-order valence-corrected chi connectivity index (χ1v) is 8.75. The van der Waals surface area contributed by atoms with Crippen molar-refractivity contribution in [1.29, 1.82) is 5.26 Å². The van der Waals surface area contributed by atoms with Crippen molar-refractivity contribution in [3.8, 4) is 18.4 Å². The number of urea groups is 1. The Kier molecular flexibility index (Phi) is 6.07. The van der Waals surface area contributed by atoms with Crippen molar-refractivity contribution in [3.05, 3.63) is 23.8 Å². The molecule has 1 aliphatic heterocycles. The number of esters is 1. The van der Waals surface area contributed by atoms with Gasteiger partial charge >= 0.3 is 12.0 Å². The number of hydrogen-bond donors (Lipinski definition) is 0. The van der Waals surface area contributed by atoms with Crippen molar-refractivity contribution >= 4 is 17.9 Å². The number of ether oxygens (including phenoxy) is 1. The van der Waals surface area contributed by atoms with E-state index in [0.717, 1.165) is 11.3 Å². The van der Waals surface area contributed by atoms with Crippen LogP contribution in [0.2, 0.25) is 0 Å². The Labute approximate surface area is 159 Å². The molecule has 7 nitrogen and oxygen atoms in total. The Morgan fingerprint density at radius 2 is 2.15 bits per heavy atom. The zero-order chi connectivity index (χ0) is 20.2. The lowest BCUT2D eigenvalue weighted by molar-refractivity contribution is -0.151. The van der Waals surface area contributed by atoms with Gasteiger partial charge in [0.25, 0.3) is 5.91 Å². The van der Waals surface area contributed by atoms with Gasteiger partial charge in [-0.2, -0.15) is 5.26 Å². The highest BCUT2D eigenvalue weighted by Gasteiger charge is 2.61. The van der Waals surface area contributed by atoms with Gasteiger partial charge in [-0.3, -0.25) is 9.59 Å². The van der Waals surface area contributed by atoms with Crippen LogP contribution in [0.3, 0.4) is 0 Å². The predicted octanol–water partition coefficient (Wildman–Crippen LogP) is 2.07. The lowest BCUT2D eigenvalue weighted by atomic mass is 10.1. The van der Waals surface area contributed by atoms with Crippen LogP contribution in [-0.2, 0) is 14.3 Å². The molecule has 2 rings (SSSR count). The fraction of sp³-hybridized carbons (Fsp3) is 0.500. The standard InChI is InChI=1S/C20H23N3O4/c1-5-7-8-14(11-21)10-15-17(20(15,3)4)18(25)27-13-23-16(24)12-22(9-6-2)19(23)26/h2,7-8,10,15,17H,5,9,12-13H2,1,3-4H3/b8-7+,14-10-/t15-,17+/m1/s1. The molecule has 0 radical (unpaired) electrons. The zero-order valence-corrected chi connectivity index (χ0v) is 15.8. The predicted molar refractivity (Wildman–Crippen MR) is 97.5 cm³/mol. The zero-order valence-electron chi connectivity index (χ0n) is 15.8. The van der Waals surface area contributed by atoms with Gasteiger partial charge in [0.2, 0.25) is 0 Å². The molecule has 1 saturated carbocycles. The number of carbonyl (C=O) groups excluding carboxylic acids is 3. The summed E-state index contributed by atoms with van der Waals surface area (Å²) in [6, 6.07) is 1.55. The third-order valence-electron chi connectivity index (χ3n) is 4.93. The van der Waals surface area contributed by atoms with E-state index in [1.54, 1.807) is 12.2 Å². The number of nitriles is 1. The van der Waals surface area contributed by atoms with Crippen LogP contribution >= 0.6 is 0 Å². The molecule has 0 unspecified atom stereocenters. The van der Waals surface area contributed by atoms with E-state index < -0.39 is 30.6 Å². The van der Waals surface area contributed by atoms with E-state index in [1.807, 2.05) is 26.8 Å². The number of nitrogens with zero attached hydrogens (tertiary/aromatic N) is 3. The summed E-state index contributed by atoms with van der Waals surface area (Å²) in [7, 11) is 0. The van der Waals surface area contributed by atoms with E-state index in [4.69, 9.17) is 11.2 Å². The Balaban J connectivity index is 1.99. The number of terminal acetylenes is 1. The van der Waals surface area contributed by atoms with Gasteiger partial charge < -0.3 is 9.64 Å². The van der Waals surface area contributed by atoms with Crippen LogP contribution < -0.4 is 0 Å². The summed E-state index contributed by atoms with van der Waals surface area (Å²) in [5, 5.41) is 9.21. The molecular formula is C20H23N3O4. The normalized spacial score (nSPS) is 24.1. The minimum atomic E-state index is -0.561. The first kappa shape index (κ1) is 20.3. The lowest BCUT2D eigenvalue weighted by Gasteiger charge is -2.15. The summed E-state index contributed by atoms with van der Waals surface area (Å²) >= 11 is 0. The van der Waals surface area contributed by atoms with E-state index in [0.29, 0.717) is 5.57 Å². The lowest BCUT2D eigenvalue weighted by Crippen LogP contribution is -2.36. The van der Waals surface area contributed by atoms with Crippen LogP contribution in [0.4, 0.5) is 4.79 Å². The van der Waals surface area contributed by atoms with Gasteiger partial charge in [0, 0.05) is 5.57 Å². The molecule has 0 bridgehead atoms. The van der Waals surface area contributed by atoms with Crippen molar-refractivity contribution in [2.24, 2.45) is 17.3 Å². The Hall–Kier alpha value is -3.06. The molecule has 2 aliphatic rings. The van der Waals surface area contributed by atoms with Crippen molar-refractivity contribution in [2.75, 3.05) is 19.8 Å². The largest absolute Gasteiger partial charge is 0.443 e. The molecular weight excluding hydrogens is 346 g/mol. The minimum absolute atomic E-state index is 0.0275. The summed E-state index contributed by atoms with van der Waals surface area (Å²) in [6.07, 6.45) is 11.4. The highest BCUT2D eigenvalue weighted by molar-refractivity contribution is 6.02. The van der Waals surface area contributed by atoms with Gasteiger partial charge in [-0.15, -0.1) is 6.42 Å². The van der Waals surface area contributed by atoms with Gasteiger partial charge in [0.15, 0.2) is 6.73 Å². The smallest absolute Gasteiger partial charge is 0.330 e. The molecule has 0 N–H and O–H groups in total. The minimum Gasteiger partial charge on any atom is -0.443 e.